The molecule has 6 heteroatoms. The number of benzene rings is 1. The summed E-state index contributed by atoms with van der Waals surface area (Å²) in [4.78, 5) is 29.6. The van der Waals surface area contributed by atoms with Crippen molar-refractivity contribution in [3.05, 3.63) is 35.4 Å². The second kappa shape index (κ2) is 8.21. The lowest BCUT2D eigenvalue weighted by atomic mass is 9.88. The largest absolute Gasteiger partial charge is 0.375 e. The molecule has 0 bridgehead atoms. The van der Waals surface area contributed by atoms with Gasteiger partial charge in [0, 0.05) is 39.3 Å². The van der Waals surface area contributed by atoms with Crippen molar-refractivity contribution in [1.29, 1.82) is 0 Å². The molecule has 1 aromatic rings. The minimum atomic E-state index is -0.389. The molecule has 3 aliphatic rings. The van der Waals surface area contributed by atoms with Gasteiger partial charge in [-0.2, -0.15) is 0 Å². The average molecular weight is 386 g/mol. The van der Waals surface area contributed by atoms with Crippen molar-refractivity contribution in [2.75, 3.05) is 32.8 Å². The first kappa shape index (κ1) is 19.4. The van der Waals surface area contributed by atoms with Crippen molar-refractivity contribution < 1.29 is 14.3 Å². The summed E-state index contributed by atoms with van der Waals surface area (Å²) in [7, 11) is 0. The lowest BCUT2D eigenvalue weighted by Gasteiger charge is -2.40. The van der Waals surface area contributed by atoms with Crippen LogP contribution >= 0.6 is 0 Å². The molecule has 1 atom stereocenters. The molecule has 3 heterocycles. The topological polar surface area (TPSA) is 61.9 Å². The second-order valence-electron chi connectivity index (χ2n) is 8.49. The van der Waals surface area contributed by atoms with Gasteiger partial charge in [-0.1, -0.05) is 29.8 Å². The van der Waals surface area contributed by atoms with Crippen LogP contribution in [0.5, 0.6) is 0 Å². The summed E-state index contributed by atoms with van der Waals surface area (Å²) in [6.07, 6.45) is 4.34. The van der Waals surface area contributed by atoms with E-state index in [1.807, 2.05) is 11.0 Å². The Bertz CT molecular complexity index is 719. The van der Waals surface area contributed by atoms with Gasteiger partial charge in [0.05, 0.1) is 18.1 Å². The van der Waals surface area contributed by atoms with Crippen LogP contribution in [0.25, 0.3) is 0 Å². The number of hydrogen-bond acceptors (Lipinski definition) is 4. The lowest BCUT2D eigenvalue weighted by molar-refractivity contribution is -0.142. The highest BCUT2D eigenvalue weighted by Gasteiger charge is 2.40. The van der Waals surface area contributed by atoms with Gasteiger partial charge in [-0.3, -0.25) is 14.5 Å². The molecule has 0 radical (unpaired) electrons. The molecule has 0 unspecified atom stereocenters. The standard InChI is InChI=1S/C22H31N3O3/c1-17-4-2-5-18(14-17)16-25-12-9-23-21(27)19(25)15-20(26)24-10-7-22(8-11-24)6-3-13-28-22/h2,4-5,14,19H,3,6-13,15-16H2,1H3,(H,23,27)/t19-/m0/s1. The molecule has 0 saturated carbocycles. The summed E-state index contributed by atoms with van der Waals surface area (Å²) in [5.41, 5.74) is 2.41. The Morgan fingerprint density at radius 3 is 2.79 bits per heavy atom. The number of aryl methyl sites for hydroxylation is 1. The number of nitrogens with one attached hydrogen (secondary N) is 1. The predicted octanol–water partition coefficient (Wildman–Crippen LogP) is 1.86. The van der Waals surface area contributed by atoms with Gasteiger partial charge in [0.2, 0.25) is 11.8 Å². The third kappa shape index (κ3) is 4.23. The first-order chi connectivity index (χ1) is 13.5. The minimum Gasteiger partial charge on any atom is -0.375 e. The second-order valence-corrected chi connectivity index (χ2v) is 8.49. The molecule has 4 rings (SSSR count). The van der Waals surface area contributed by atoms with Gasteiger partial charge in [0.25, 0.3) is 0 Å². The molecule has 1 aromatic carbocycles. The molecule has 0 aromatic heterocycles. The summed E-state index contributed by atoms with van der Waals surface area (Å²) in [5.74, 6) is 0.0593. The highest BCUT2D eigenvalue weighted by Crippen LogP contribution is 2.35. The summed E-state index contributed by atoms with van der Waals surface area (Å²) in [5, 5.41) is 2.94. The number of carbonyl (C=O) groups excluding carboxylic acids is 2. The third-order valence-electron chi connectivity index (χ3n) is 6.49. The summed E-state index contributed by atoms with van der Waals surface area (Å²) in [6, 6.07) is 7.97. The van der Waals surface area contributed by atoms with Crippen molar-refractivity contribution in [3.8, 4) is 0 Å². The van der Waals surface area contributed by atoms with Crippen LogP contribution in [0.3, 0.4) is 0 Å². The van der Waals surface area contributed by atoms with Crippen molar-refractivity contribution in [2.45, 2.75) is 57.2 Å². The fourth-order valence-corrected chi connectivity index (χ4v) is 4.83. The number of amides is 2. The van der Waals surface area contributed by atoms with E-state index in [1.54, 1.807) is 0 Å². The Balaban J connectivity index is 1.38. The van der Waals surface area contributed by atoms with Crippen LogP contribution < -0.4 is 5.32 Å². The zero-order valence-corrected chi connectivity index (χ0v) is 16.8. The molecule has 1 spiro atoms. The van der Waals surface area contributed by atoms with Crippen LogP contribution in [0.4, 0.5) is 0 Å². The fourth-order valence-electron chi connectivity index (χ4n) is 4.83. The quantitative estimate of drug-likeness (QED) is 0.859. The molecule has 3 fully saturated rings. The van der Waals surface area contributed by atoms with Crippen molar-refractivity contribution in [1.82, 2.24) is 15.1 Å². The zero-order chi connectivity index (χ0) is 19.6. The minimum absolute atomic E-state index is 0.0101. The molecular weight excluding hydrogens is 354 g/mol. The van der Waals surface area contributed by atoms with Crippen LogP contribution in [-0.4, -0.2) is 66.0 Å². The first-order valence-electron chi connectivity index (χ1n) is 10.5. The van der Waals surface area contributed by atoms with Crippen molar-refractivity contribution >= 4 is 11.8 Å². The lowest BCUT2D eigenvalue weighted by Crippen LogP contribution is -2.57. The van der Waals surface area contributed by atoms with Gasteiger partial charge in [-0.25, -0.2) is 0 Å². The third-order valence-corrected chi connectivity index (χ3v) is 6.49. The Morgan fingerprint density at radius 1 is 1.25 bits per heavy atom. The maximum Gasteiger partial charge on any atom is 0.237 e. The van der Waals surface area contributed by atoms with Crippen LogP contribution in [0, 0.1) is 6.92 Å². The molecule has 0 aliphatic carbocycles. The number of carbonyl (C=O) groups is 2. The number of rotatable bonds is 4. The highest BCUT2D eigenvalue weighted by molar-refractivity contribution is 5.88. The predicted molar refractivity (Wildman–Crippen MR) is 107 cm³/mol. The van der Waals surface area contributed by atoms with E-state index in [0.717, 1.165) is 51.9 Å². The first-order valence-corrected chi connectivity index (χ1v) is 10.5. The van der Waals surface area contributed by atoms with E-state index in [-0.39, 0.29) is 29.9 Å². The van der Waals surface area contributed by atoms with Crippen LogP contribution in [0.1, 0.15) is 43.2 Å². The maximum atomic E-state index is 12.9. The van der Waals surface area contributed by atoms with Crippen molar-refractivity contribution in [3.63, 3.8) is 0 Å². The maximum absolute atomic E-state index is 12.9. The van der Waals surface area contributed by atoms with E-state index in [0.29, 0.717) is 13.1 Å². The molecule has 3 saturated heterocycles. The van der Waals surface area contributed by atoms with Gasteiger partial charge >= 0.3 is 0 Å². The molecule has 2 amide bonds. The van der Waals surface area contributed by atoms with Crippen LogP contribution in [0.15, 0.2) is 24.3 Å². The van der Waals surface area contributed by atoms with Gasteiger partial charge in [0.1, 0.15) is 0 Å². The van der Waals surface area contributed by atoms with Crippen LogP contribution in [0.2, 0.25) is 0 Å². The van der Waals surface area contributed by atoms with Gasteiger partial charge in [0.15, 0.2) is 0 Å². The average Bonchev–Trinajstić information content (AvgIpc) is 3.13. The summed E-state index contributed by atoms with van der Waals surface area (Å²) >= 11 is 0. The zero-order valence-electron chi connectivity index (χ0n) is 16.8. The highest BCUT2D eigenvalue weighted by atomic mass is 16.5. The van der Waals surface area contributed by atoms with E-state index < -0.39 is 0 Å². The number of piperazine rings is 1. The number of ether oxygens (including phenoxy) is 1. The molecular formula is C22H31N3O3. The fraction of sp³-hybridized carbons (Fsp3) is 0.636. The van der Waals surface area contributed by atoms with Gasteiger partial charge in [-0.05, 0) is 38.2 Å². The summed E-state index contributed by atoms with van der Waals surface area (Å²) in [6.45, 7) is 6.52. The number of likely N-dealkylation sites (tertiary alicyclic amines) is 1. The Labute approximate surface area is 167 Å². The monoisotopic (exact) mass is 385 g/mol. The smallest absolute Gasteiger partial charge is 0.237 e. The molecule has 3 aliphatic heterocycles. The molecule has 6 nitrogen and oxygen atoms in total. The van der Waals surface area contributed by atoms with Crippen LogP contribution in [-0.2, 0) is 20.9 Å². The van der Waals surface area contributed by atoms with E-state index in [2.05, 4.69) is 35.3 Å². The number of piperidine rings is 1. The van der Waals surface area contributed by atoms with Gasteiger partial charge in [-0.15, -0.1) is 0 Å². The number of nitrogens with zero attached hydrogens (tertiary/aromatic N) is 2. The number of hydrogen-bond donors (Lipinski definition) is 1. The summed E-state index contributed by atoms with van der Waals surface area (Å²) < 4.78 is 5.96. The molecule has 152 valence electrons. The van der Waals surface area contributed by atoms with E-state index >= 15 is 0 Å². The molecule has 1 N–H and O–H groups in total. The molecule has 28 heavy (non-hydrogen) atoms. The Kier molecular flexibility index (Phi) is 5.69. The van der Waals surface area contributed by atoms with Crippen molar-refractivity contribution in [2.24, 2.45) is 0 Å². The Hall–Kier alpha value is -1.92. The Morgan fingerprint density at radius 2 is 2.07 bits per heavy atom. The van der Waals surface area contributed by atoms with E-state index in [9.17, 15) is 9.59 Å². The van der Waals surface area contributed by atoms with E-state index in [1.165, 1.54) is 11.1 Å². The SMILES string of the molecule is Cc1cccc(CN2CCNC(=O)[C@@H]2CC(=O)N2CCC3(CCCO3)CC2)c1. The normalized spacial score (nSPS) is 25.1. The van der Waals surface area contributed by atoms with Gasteiger partial charge < -0.3 is 15.0 Å². The van der Waals surface area contributed by atoms with E-state index in [4.69, 9.17) is 4.74 Å².